The van der Waals surface area contributed by atoms with Crippen LogP contribution in [0.5, 0.6) is 0 Å². The monoisotopic (exact) mass is 235 g/mol. The molecule has 0 amide bonds. The topological polar surface area (TPSA) is 25.5 Å². The maximum Gasteiger partial charge on any atom is 0 e. The Morgan fingerprint density at radius 1 is 1.42 bits per heavy atom. The van der Waals surface area contributed by atoms with Crippen LogP contribution in [0.1, 0.15) is 5.56 Å². The van der Waals surface area contributed by atoms with Crippen molar-refractivity contribution < 1.29 is 32.7 Å². The van der Waals surface area contributed by atoms with Crippen molar-refractivity contribution in [3.05, 3.63) is 41.3 Å². The molecule has 0 aliphatic rings. The first-order chi connectivity index (χ1) is 5.22. The van der Waals surface area contributed by atoms with E-state index in [0.29, 0.717) is 0 Å². The second-order valence-electron chi connectivity index (χ2n) is 2.49. The van der Waals surface area contributed by atoms with Crippen molar-refractivity contribution in [2.24, 2.45) is 0 Å². The molecule has 0 heterocycles. The zero-order valence-electron chi connectivity index (χ0n) is 7.28. The average molecular weight is 235 g/mol. The summed E-state index contributed by atoms with van der Waals surface area (Å²) in [5, 5.41) is 9.41. The van der Waals surface area contributed by atoms with E-state index in [4.69, 9.17) is 0 Å². The molecule has 1 aromatic carbocycles. The Morgan fingerprint density at radius 3 is 2.50 bits per heavy atom. The molecule has 0 spiro atoms. The van der Waals surface area contributed by atoms with E-state index in [1.54, 1.807) is 25.1 Å². The summed E-state index contributed by atoms with van der Waals surface area (Å²) >= 11 is 0. The van der Waals surface area contributed by atoms with Crippen molar-refractivity contribution >= 4 is 5.84 Å². The molecule has 0 unspecified atom stereocenters. The first-order valence-electron chi connectivity index (χ1n) is 3.42. The van der Waals surface area contributed by atoms with E-state index in [2.05, 4.69) is 6.07 Å². The summed E-state index contributed by atoms with van der Waals surface area (Å²) in [4.78, 5) is 1.64. The Bertz CT molecular complexity index is 244. The molecule has 0 saturated heterocycles. The van der Waals surface area contributed by atoms with Crippen LogP contribution in [-0.2, 0) is 32.7 Å². The van der Waals surface area contributed by atoms with Crippen molar-refractivity contribution in [2.75, 3.05) is 14.1 Å². The maximum absolute atomic E-state index is 9.41. The quantitative estimate of drug-likeness (QED) is 0.410. The van der Waals surface area contributed by atoms with E-state index in [1.807, 2.05) is 18.2 Å². The van der Waals surface area contributed by atoms with Gasteiger partial charge in [0, 0.05) is 32.7 Å². The van der Waals surface area contributed by atoms with Gasteiger partial charge in [-0.15, -0.1) is 30.3 Å². The molecule has 1 radical (unpaired) electrons. The number of amidine groups is 1. The van der Waals surface area contributed by atoms with Gasteiger partial charge in [-0.05, 0) is 0 Å². The largest absolute Gasteiger partial charge is 0.521 e. The SMILES string of the molecule is CN(C)C(=[N-])c1[c-]cccc1.[Y]. The van der Waals surface area contributed by atoms with E-state index in [0.717, 1.165) is 5.56 Å². The molecule has 0 N–H and O–H groups in total. The van der Waals surface area contributed by atoms with Gasteiger partial charge in [-0.3, -0.25) is 0 Å². The van der Waals surface area contributed by atoms with Crippen LogP contribution in [-0.4, -0.2) is 24.8 Å². The van der Waals surface area contributed by atoms with Gasteiger partial charge < -0.3 is 10.3 Å². The van der Waals surface area contributed by atoms with Gasteiger partial charge in [0.1, 0.15) is 0 Å². The van der Waals surface area contributed by atoms with Crippen LogP contribution in [0, 0.1) is 6.07 Å². The molecule has 0 aliphatic heterocycles. The van der Waals surface area contributed by atoms with Crippen LogP contribution in [0.3, 0.4) is 0 Å². The van der Waals surface area contributed by atoms with Crippen molar-refractivity contribution in [1.29, 1.82) is 0 Å². The number of rotatable bonds is 1. The zero-order valence-corrected chi connectivity index (χ0v) is 10.1. The third-order valence-electron chi connectivity index (χ3n) is 1.37. The minimum absolute atomic E-state index is 0. The Hall–Kier alpha value is -0.206. The van der Waals surface area contributed by atoms with Crippen LogP contribution in [0.2, 0.25) is 0 Å². The third-order valence-corrected chi connectivity index (χ3v) is 1.37. The molecule has 1 aromatic rings. The van der Waals surface area contributed by atoms with Gasteiger partial charge >= 0.3 is 0 Å². The fourth-order valence-corrected chi connectivity index (χ4v) is 0.773. The molecule has 0 bridgehead atoms. The smallest absolute Gasteiger partial charge is 0 e. The van der Waals surface area contributed by atoms with Gasteiger partial charge in [-0.2, -0.15) is 11.4 Å². The first-order valence-corrected chi connectivity index (χ1v) is 3.42. The van der Waals surface area contributed by atoms with Crippen LogP contribution in [0.15, 0.2) is 24.3 Å². The molecule has 0 saturated carbocycles. The van der Waals surface area contributed by atoms with Gasteiger partial charge in [0.05, 0.1) is 0 Å². The van der Waals surface area contributed by atoms with Crippen LogP contribution < -0.4 is 0 Å². The van der Waals surface area contributed by atoms with Gasteiger partial charge in [0.2, 0.25) is 0 Å². The zero-order chi connectivity index (χ0) is 8.27. The fourth-order valence-electron chi connectivity index (χ4n) is 0.773. The molecule has 1 rings (SSSR count). The third kappa shape index (κ3) is 3.04. The van der Waals surface area contributed by atoms with Crippen molar-refractivity contribution in [3.8, 4) is 0 Å². The van der Waals surface area contributed by atoms with Crippen molar-refractivity contribution in [1.82, 2.24) is 4.90 Å². The summed E-state index contributed by atoms with van der Waals surface area (Å²) < 4.78 is 0. The van der Waals surface area contributed by atoms with E-state index in [-0.39, 0.29) is 38.5 Å². The van der Waals surface area contributed by atoms with E-state index in [1.165, 1.54) is 0 Å². The number of benzene rings is 1. The van der Waals surface area contributed by atoms with E-state index in [9.17, 15) is 5.41 Å². The second-order valence-corrected chi connectivity index (χ2v) is 2.49. The average Bonchev–Trinajstić information content (AvgIpc) is 2.05. The van der Waals surface area contributed by atoms with Gasteiger partial charge in [-0.1, -0.05) is 14.1 Å². The molecule has 61 valence electrons. The molecule has 3 heteroatoms. The van der Waals surface area contributed by atoms with Gasteiger partial charge in [-0.25, -0.2) is 0 Å². The van der Waals surface area contributed by atoms with Crippen LogP contribution in [0.4, 0.5) is 0 Å². The number of hydrogen-bond acceptors (Lipinski definition) is 0. The molecule has 0 aromatic heterocycles. The van der Waals surface area contributed by atoms with Gasteiger partial charge in [0.15, 0.2) is 0 Å². The predicted molar refractivity (Wildman–Crippen MR) is 46.4 cm³/mol. The first kappa shape index (κ1) is 11.8. The second kappa shape index (κ2) is 5.44. The Balaban J connectivity index is 0.00000121. The molecule has 2 nitrogen and oxygen atoms in total. The summed E-state index contributed by atoms with van der Waals surface area (Å²) in [7, 11) is 3.58. The maximum atomic E-state index is 9.41. The Morgan fingerprint density at radius 2 is 2.08 bits per heavy atom. The Labute approximate surface area is 98.4 Å². The molecule has 0 fully saturated rings. The summed E-state index contributed by atoms with van der Waals surface area (Å²) in [5.41, 5.74) is 0.720. The Kier molecular flexibility index (Phi) is 5.35. The number of nitrogens with zero attached hydrogens (tertiary/aromatic N) is 2. The minimum atomic E-state index is 0. The molecule has 0 atom stereocenters. The molecular formula is C9H10N2Y-2. The van der Waals surface area contributed by atoms with Crippen LogP contribution >= 0.6 is 0 Å². The summed E-state index contributed by atoms with van der Waals surface area (Å²) in [6.07, 6.45) is 0. The fraction of sp³-hybridized carbons (Fsp3) is 0.222. The van der Waals surface area contributed by atoms with Gasteiger partial charge in [0.25, 0.3) is 0 Å². The predicted octanol–water partition coefficient (Wildman–Crippen LogP) is 1.36. The molecular weight excluding hydrogens is 225 g/mol. The van der Waals surface area contributed by atoms with Crippen molar-refractivity contribution in [2.45, 2.75) is 0 Å². The summed E-state index contributed by atoms with van der Waals surface area (Å²) in [6.45, 7) is 0. The summed E-state index contributed by atoms with van der Waals surface area (Å²) in [5.74, 6) is 0.241. The standard InChI is InChI=1S/C9H10N2.Y/c1-11(2)9(10)8-6-4-3-5-7-8;/h3-6H,1-2H3;/q-2;. The van der Waals surface area contributed by atoms with E-state index < -0.39 is 0 Å². The molecule has 0 aliphatic carbocycles. The van der Waals surface area contributed by atoms with Crippen LogP contribution in [0.25, 0.3) is 5.41 Å². The number of hydrogen-bond donors (Lipinski definition) is 0. The van der Waals surface area contributed by atoms with E-state index >= 15 is 0 Å². The minimum Gasteiger partial charge on any atom is -0.521 e. The summed E-state index contributed by atoms with van der Waals surface area (Å²) in [6, 6.07) is 10.2. The van der Waals surface area contributed by atoms with Crippen molar-refractivity contribution in [3.63, 3.8) is 0 Å². The molecule has 12 heavy (non-hydrogen) atoms. The normalized spacial score (nSPS) is 8.50.